The molecule has 1 aromatic rings. The van der Waals surface area contributed by atoms with Gasteiger partial charge in [-0.25, -0.2) is 0 Å². The van der Waals surface area contributed by atoms with E-state index in [4.69, 9.17) is 5.11 Å². The summed E-state index contributed by atoms with van der Waals surface area (Å²) in [4.78, 5) is 23.4. The molecule has 1 heterocycles. The summed E-state index contributed by atoms with van der Waals surface area (Å²) >= 11 is 4.74. The minimum atomic E-state index is -0.689. The van der Waals surface area contributed by atoms with Gasteiger partial charge in [0.2, 0.25) is 0 Å². The van der Waals surface area contributed by atoms with E-state index in [1.807, 2.05) is 6.07 Å². The van der Waals surface area contributed by atoms with Gasteiger partial charge >= 0.3 is 5.97 Å². The van der Waals surface area contributed by atoms with E-state index in [0.717, 1.165) is 29.5 Å². The molecule has 0 radical (unpaired) electrons. The molecule has 104 valence electrons. The van der Waals surface area contributed by atoms with Crippen LogP contribution in [0.5, 0.6) is 0 Å². The molecule has 0 spiro atoms. The lowest BCUT2D eigenvalue weighted by molar-refractivity contribution is -0.143. The van der Waals surface area contributed by atoms with Crippen LogP contribution in [0.3, 0.4) is 0 Å². The van der Waals surface area contributed by atoms with Crippen molar-refractivity contribution in [3.8, 4) is 0 Å². The second-order valence-corrected chi connectivity index (χ2v) is 7.33. The summed E-state index contributed by atoms with van der Waals surface area (Å²) in [6.45, 7) is 0.640. The third kappa shape index (κ3) is 4.04. The Labute approximate surface area is 124 Å². The summed E-state index contributed by atoms with van der Waals surface area (Å²) in [7, 11) is 0. The van der Waals surface area contributed by atoms with Crippen LogP contribution in [-0.2, 0) is 4.79 Å². The molecule has 1 amide bonds. The summed E-state index contributed by atoms with van der Waals surface area (Å²) in [6.07, 6.45) is 3.21. The van der Waals surface area contributed by atoms with Crippen LogP contribution < -0.4 is 5.32 Å². The number of carbonyl (C=O) groups excluding carboxylic acids is 1. The zero-order valence-electron chi connectivity index (χ0n) is 10.4. The van der Waals surface area contributed by atoms with Crippen molar-refractivity contribution in [2.75, 3.05) is 6.54 Å². The number of thiophene rings is 1. The first-order chi connectivity index (χ1) is 9.06. The van der Waals surface area contributed by atoms with Crippen LogP contribution in [0, 0.1) is 11.8 Å². The van der Waals surface area contributed by atoms with Crippen molar-refractivity contribution in [3.05, 3.63) is 20.8 Å². The number of amides is 1. The van der Waals surface area contributed by atoms with Crippen LogP contribution in [0.25, 0.3) is 0 Å². The van der Waals surface area contributed by atoms with Gasteiger partial charge in [0.15, 0.2) is 0 Å². The van der Waals surface area contributed by atoms with Crippen molar-refractivity contribution in [2.24, 2.45) is 11.8 Å². The van der Waals surface area contributed by atoms with Crippen molar-refractivity contribution in [1.29, 1.82) is 0 Å². The number of hydrogen-bond acceptors (Lipinski definition) is 3. The Balaban J connectivity index is 1.75. The highest BCUT2D eigenvalue weighted by Gasteiger charge is 2.26. The Morgan fingerprint density at radius 1 is 1.32 bits per heavy atom. The summed E-state index contributed by atoms with van der Waals surface area (Å²) in [6, 6.07) is 3.66. The maximum Gasteiger partial charge on any atom is 0.306 e. The molecule has 0 aromatic carbocycles. The molecule has 2 N–H and O–H groups in total. The Morgan fingerprint density at radius 3 is 2.53 bits per heavy atom. The first-order valence-electron chi connectivity index (χ1n) is 6.32. The maximum atomic E-state index is 11.9. The predicted molar refractivity (Wildman–Crippen MR) is 77.4 cm³/mol. The Bertz CT molecular complexity index is 466. The quantitative estimate of drug-likeness (QED) is 0.880. The molecule has 2 rings (SSSR count). The van der Waals surface area contributed by atoms with Crippen LogP contribution in [-0.4, -0.2) is 23.5 Å². The second kappa shape index (κ2) is 6.52. The number of hydrogen-bond donors (Lipinski definition) is 2. The van der Waals surface area contributed by atoms with E-state index in [1.54, 1.807) is 6.07 Å². The third-order valence-corrected chi connectivity index (χ3v) is 5.17. The minimum absolute atomic E-state index is 0.0453. The monoisotopic (exact) mass is 345 g/mol. The van der Waals surface area contributed by atoms with Gasteiger partial charge in [0.05, 0.1) is 14.6 Å². The summed E-state index contributed by atoms with van der Waals surface area (Å²) in [5.74, 6) is -0.523. The molecule has 0 atom stereocenters. The molecule has 1 aliphatic rings. The summed E-state index contributed by atoms with van der Waals surface area (Å²) < 4.78 is 0.944. The number of halogens is 1. The first kappa shape index (κ1) is 14.5. The third-order valence-electron chi connectivity index (χ3n) is 3.54. The van der Waals surface area contributed by atoms with Crippen molar-refractivity contribution in [3.63, 3.8) is 0 Å². The Hall–Kier alpha value is -0.880. The molecule has 4 nitrogen and oxygen atoms in total. The van der Waals surface area contributed by atoms with E-state index in [9.17, 15) is 9.59 Å². The molecule has 0 aliphatic heterocycles. The van der Waals surface area contributed by atoms with Gasteiger partial charge in [-0.2, -0.15) is 0 Å². The van der Waals surface area contributed by atoms with E-state index in [-0.39, 0.29) is 11.8 Å². The molecule has 19 heavy (non-hydrogen) atoms. The number of rotatable bonds is 4. The number of carboxylic acids is 1. The molecular formula is C13H16BrNO3S. The average molecular weight is 346 g/mol. The van der Waals surface area contributed by atoms with Gasteiger partial charge in [-0.3, -0.25) is 9.59 Å². The lowest BCUT2D eigenvalue weighted by atomic mass is 9.82. The van der Waals surface area contributed by atoms with Gasteiger partial charge in [0.25, 0.3) is 5.91 Å². The van der Waals surface area contributed by atoms with Gasteiger partial charge in [-0.05, 0) is 59.7 Å². The van der Waals surface area contributed by atoms with Gasteiger partial charge in [-0.15, -0.1) is 11.3 Å². The van der Waals surface area contributed by atoms with E-state index in [2.05, 4.69) is 21.2 Å². The molecular weight excluding hydrogens is 330 g/mol. The van der Waals surface area contributed by atoms with Gasteiger partial charge in [0, 0.05) is 6.54 Å². The molecule has 0 bridgehead atoms. The van der Waals surface area contributed by atoms with Gasteiger partial charge < -0.3 is 10.4 Å². The summed E-state index contributed by atoms with van der Waals surface area (Å²) in [5.41, 5.74) is 0. The van der Waals surface area contributed by atoms with Crippen LogP contribution in [0.15, 0.2) is 15.9 Å². The molecule has 1 aromatic heterocycles. The number of carbonyl (C=O) groups is 2. The van der Waals surface area contributed by atoms with Crippen LogP contribution in [0.1, 0.15) is 35.4 Å². The molecule has 1 fully saturated rings. The maximum absolute atomic E-state index is 11.9. The molecule has 6 heteroatoms. The fourth-order valence-corrected chi connectivity index (χ4v) is 3.68. The lowest BCUT2D eigenvalue weighted by Crippen LogP contribution is -2.32. The fraction of sp³-hybridized carbons (Fsp3) is 0.538. The first-order valence-corrected chi connectivity index (χ1v) is 7.93. The smallest absolute Gasteiger partial charge is 0.306 e. The van der Waals surface area contributed by atoms with Crippen molar-refractivity contribution < 1.29 is 14.7 Å². The lowest BCUT2D eigenvalue weighted by Gasteiger charge is -2.26. The SMILES string of the molecule is O=C(NCC1CCC(C(=O)O)CC1)c1ccc(Br)s1. The highest BCUT2D eigenvalue weighted by Crippen LogP contribution is 2.28. The van der Waals surface area contributed by atoms with Crippen molar-refractivity contribution in [1.82, 2.24) is 5.32 Å². The van der Waals surface area contributed by atoms with Gasteiger partial charge in [-0.1, -0.05) is 0 Å². The van der Waals surface area contributed by atoms with Crippen molar-refractivity contribution >= 4 is 39.1 Å². The topological polar surface area (TPSA) is 66.4 Å². The summed E-state index contributed by atoms with van der Waals surface area (Å²) in [5, 5.41) is 11.9. The Morgan fingerprint density at radius 2 is 2.00 bits per heavy atom. The largest absolute Gasteiger partial charge is 0.481 e. The zero-order valence-corrected chi connectivity index (χ0v) is 12.8. The number of carboxylic acid groups (broad SMARTS) is 1. The highest BCUT2D eigenvalue weighted by atomic mass is 79.9. The van der Waals surface area contributed by atoms with Crippen molar-refractivity contribution in [2.45, 2.75) is 25.7 Å². The van der Waals surface area contributed by atoms with E-state index in [0.29, 0.717) is 17.3 Å². The van der Waals surface area contributed by atoms with E-state index >= 15 is 0 Å². The normalized spacial score (nSPS) is 23.0. The number of nitrogens with one attached hydrogen (secondary N) is 1. The average Bonchev–Trinajstić information content (AvgIpc) is 2.83. The minimum Gasteiger partial charge on any atom is -0.481 e. The molecule has 0 unspecified atom stereocenters. The fourth-order valence-electron chi connectivity index (χ4n) is 2.37. The standard InChI is InChI=1S/C13H16BrNO3S/c14-11-6-5-10(19-11)12(16)15-7-8-1-3-9(4-2-8)13(17)18/h5-6,8-9H,1-4,7H2,(H,15,16)(H,17,18). The predicted octanol–water partition coefficient (Wildman–Crippen LogP) is 3.13. The second-order valence-electron chi connectivity index (χ2n) is 4.87. The zero-order chi connectivity index (χ0) is 13.8. The molecule has 0 saturated heterocycles. The molecule has 1 aliphatic carbocycles. The van der Waals surface area contributed by atoms with Gasteiger partial charge in [0.1, 0.15) is 0 Å². The van der Waals surface area contributed by atoms with Crippen LogP contribution in [0.4, 0.5) is 0 Å². The van der Waals surface area contributed by atoms with E-state index in [1.165, 1.54) is 11.3 Å². The van der Waals surface area contributed by atoms with Crippen LogP contribution >= 0.6 is 27.3 Å². The van der Waals surface area contributed by atoms with Crippen LogP contribution in [0.2, 0.25) is 0 Å². The van der Waals surface area contributed by atoms with E-state index < -0.39 is 5.97 Å². The highest BCUT2D eigenvalue weighted by molar-refractivity contribution is 9.11. The Kier molecular flexibility index (Phi) is 4.99. The number of aliphatic carboxylic acids is 1. The molecule has 1 saturated carbocycles.